The van der Waals surface area contributed by atoms with E-state index in [0.717, 1.165) is 66.3 Å². The molecule has 0 bridgehead atoms. The largest absolute Gasteiger partial charge is 0.456 e. The molecule has 0 aliphatic carbocycles. The van der Waals surface area contributed by atoms with Crippen LogP contribution in [0, 0.1) is 0 Å². The third-order valence-electron chi connectivity index (χ3n) is 10.2. The van der Waals surface area contributed by atoms with Gasteiger partial charge in [0.05, 0.1) is 11.4 Å². The highest BCUT2D eigenvalue weighted by Gasteiger charge is 2.24. The lowest BCUT2D eigenvalue weighted by molar-refractivity contribution is 0.668. The monoisotopic (exact) mass is 625 g/mol. The summed E-state index contributed by atoms with van der Waals surface area (Å²) in [7, 11) is 0. The Morgan fingerprint density at radius 1 is 0.306 bits per heavy atom. The Labute approximate surface area is 280 Å². The molecular weight excluding hydrogens is 599 g/mol. The average molecular weight is 626 g/mol. The molecule has 0 aliphatic rings. The maximum atomic E-state index is 6.70. The van der Waals surface area contributed by atoms with Gasteiger partial charge in [0.25, 0.3) is 0 Å². The van der Waals surface area contributed by atoms with E-state index in [1.165, 1.54) is 37.7 Å². The second-order valence-corrected chi connectivity index (χ2v) is 12.9. The fraction of sp³-hybridized carbons (Fsp3) is 0. The molecule has 3 nitrogen and oxygen atoms in total. The maximum Gasteiger partial charge on any atom is 0.138 e. The zero-order valence-electron chi connectivity index (χ0n) is 26.4. The lowest BCUT2D eigenvalue weighted by Gasteiger charge is -2.29. The van der Waals surface area contributed by atoms with Crippen LogP contribution in [0.1, 0.15) is 0 Å². The summed E-state index contributed by atoms with van der Waals surface area (Å²) < 4.78 is 13.0. The third kappa shape index (κ3) is 3.78. The van der Waals surface area contributed by atoms with Crippen LogP contribution in [0.2, 0.25) is 0 Å². The summed E-state index contributed by atoms with van der Waals surface area (Å²) in [5.74, 6) is 0. The molecule has 0 spiro atoms. The van der Waals surface area contributed by atoms with E-state index in [4.69, 9.17) is 8.83 Å². The van der Waals surface area contributed by atoms with Gasteiger partial charge in [-0.2, -0.15) is 0 Å². The van der Waals surface area contributed by atoms with Crippen LogP contribution < -0.4 is 4.90 Å². The summed E-state index contributed by atoms with van der Waals surface area (Å²) in [6, 6.07) is 58.5. The van der Waals surface area contributed by atoms with Crippen LogP contribution in [0.25, 0.3) is 87.0 Å². The first-order chi connectivity index (χ1) is 24.3. The van der Waals surface area contributed by atoms with E-state index in [1.54, 1.807) is 0 Å². The topological polar surface area (TPSA) is 29.5 Å². The first-order valence-corrected chi connectivity index (χ1v) is 16.7. The molecule has 3 heteroatoms. The summed E-state index contributed by atoms with van der Waals surface area (Å²) >= 11 is 0. The number of furan rings is 2. The van der Waals surface area contributed by atoms with Crippen molar-refractivity contribution in [3.63, 3.8) is 0 Å². The van der Waals surface area contributed by atoms with Gasteiger partial charge in [-0.3, -0.25) is 0 Å². The summed E-state index contributed by atoms with van der Waals surface area (Å²) in [5, 5.41) is 14.0. The first-order valence-electron chi connectivity index (χ1n) is 16.7. The molecular formula is C46H27NO2. The minimum Gasteiger partial charge on any atom is -0.456 e. The molecule has 49 heavy (non-hydrogen) atoms. The van der Waals surface area contributed by atoms with Gasteiger partial charge in [0.2, 0.25) is 0 Å². The lowest BCUT2D eigenvalue weighted by Crippen LogP contribution is -2.11. The van der Waals surface area contributed by atoms with Gasteiger partial charge < -0.3 is 13.7 Å². The first kappa shape index (κ1) is 26.5. The molecule has 2 heterocycles. The quantitative estimate of drug-likeness (QED) is 0.183. The lowest BCUT2D eigenvalue weighted by atomic mass is 9.94. The molecule has 0 atom stereocenters. The zero-order chi connectivity index (χ0) is 32.1. The van der Waals surface area contributed by atoms with E-state index >= 15 is 0 Å². The van der Waals surface area contributed by atoms with Gasteiger partial charge in [-0.15, -0.1) is 0 Å². The van der Waals surface area contributed by atoms with E-state index in [2.05, 4.69) is 150 Å². The molecule has 0 saturated carbocycles. The molecule has 11 aromatic rings. The number of anilines is 3. The van der Waals surface area contributed by atoms with E-state index in [-0.39, 0.29) is 0 Å². The highest BCUT2D eigenvalue weighted by atomic mass is 16.3. The average Bonchev–Trinajstić information content (AvgIpc) is 3.73. The molecule has 2 aromatic heterocycles. The normalized spacial score (nSPS) is 12.1. The number of para-hydroxylation sites is 2. The molecule has 9 aromatic carbocycles. The standard InChI is InChI=1S/C46H27NO2/c1-4-14-32-28(11-1)21-23-36-40(27-44-46(45(32)36)37-18-8-10-20-42(37)49-44)47(30-22-24-43-38(26-30)35-17-7-9-19-41(35)48-43)39-25-29-12-2-3-13-31(29)33-15-5-6-16-34(33)39/h1-27H. The summed E-state index contributed by atoms with van der Waals surface area (Å²) in [5.41, 5.74) is 6.72. The predicted molar refractivity (Wildman–Crippen MR) is 206 cm³/mol. The Morgan fingerprint density at radius 3 is 1.73 bits per heavy atom. The Morgan fingerprint density at radius 2 is 0.898 bits per heavy atom. The van der Waals surface area contributed by atoms with Crippen molar-refractivity contribution in [2.24, 2.45) is 0 Å². The van der Waals surface area contributed by atoms with Crippen LogP contribution in [0.3, 0.4) is 0 Å². The van der Waals surface area contributed by atoms with Crippen molar-refractivity contribution in [3.05, 3.63) is 164 Å². The van der Waals surface area contributed by atoms with Crippen LogP contribution in [0.5, 0.6) is 0 Å². The van der Waals surface area contributed by atoms with Gasteiger partial charge in [-0.25, -0.2) is 0 Å². The van der Waals surface area contributed by atoms with E-state index < -0.39 is 0 Å². The van der Waals surface area contributed by atoms with Crippen molar-refractivity contribution < 1.29 is 8.83 Å². The van der Waals surface area contributed by atoms with Gasteiger partial charge in [-0.1, -0.05) is 121 Å². The number of rotatable bonds is 3. The highest BCUT2D eigenvalue weighted by molar-refractivity contribution is 6.30. The Kier molecular flexibility index (Phi) is 5.38. The van der Waals surface area contributed by atoms with Crippen LogP contribution >= 0.6 is 0 Å². The molecule has 0 amide bonds. The third-order valence-corrected chi connectivity index (χ3v) is 10.2. The van der Waals surface area contributed by atoms with Gasteiger partial charge in [0, 0.05) is 49.5 Å². The Hall–Kier alpha value is -6.58. The van der Waals surface area contributed by atoms with Crippen molar-refractivity contribution in [2.45, 2.75) is 0 Å². The molecule has 0 N–H and O–H groups in total. The van der Waals surface area contributed by atoms with Gasteiger partial charge in [0.15, 0.2) is 0 Å². The second-order valence-electron chi connectivity index (χ2n) is 12.9. The number of hydrogen-bond acceptors (Lipinski definition) is 3. The number of fused-ring (bicyclic) bond motifs is 13. The van der Waals surface area contributed by atoms with E-state index in [9.17, 15) is 0 Å². The van der Waals surface area contributed by atoms with Crippen molar-refractivity contribution in [3.8, 4) is 0 Å². The molecule has 11 rings (SSSR count). The van der Waals surface area contributed by atoms with Crippen molar-refractivity contribution >= 4 is 104 Å². The van der Waals surface area contributed by atoms with Crippen LogP contribution in [-0.2, 0) is 0 Å². The number of benzene rings is 9. The predicted octanol–water partition coefficient (Wildman–Crippen LogP) is 13.6. The fourth-order valence-electron chi connectivity index (χ4n) is 8.05. The zero-order valence-corrected chi connectivity index (χ0v) is 26.4. The number of hydrogen-bond donors (Lipinski definition) is 0. The van der Waals surface area contributed by atoms with E-state index in [1.807, 2.05) is 18.2 Å². The van der Waals surface area contributed by atoms with Gasteiger partial charge in [-0.05, 0) is 63.3 Å². The highest BCUT2D eigenvalue weighted by Crippen LogP contribution is 2.49. The van der Waals surface area contributed by atoms with Crippen LogP contribution in [0.15, 0.2) is 173 Å². The van der Waals surface area contributed by atoms with Crippen LogP contribution in [-0.4, -0.2) is 0 Å². The molecule has 0 unspecified atom stereocenters. The molecule has 228 valence electrons. The summed E-state index contributed by atoms with van der Waals surface area (Å²) in [6.45, 7) is 0. The second kappa shape index (κ2) is 9.96. The maximum absolute atomic E-state index is 6.70. The summed E-state index contributed by atoms with van der Waals surface area (Å²) in [6.07, 6.45) is 0. The van der Waals surface area contributed by atoms with Crippen molar-refractivity contribution in [1.82, 2.24) is 0 Å². The van der Waals surface area contributed by atoms with Gasteiger partial charge >= 0.3 is 0 Å². The summed E-state index contributed by atoms with van der Waals surface area (Å²) in [4.78, 5) is 2.43. The van der Waals surface area contributed by atoms with Gasteiger partial charge in [0.1, 0.15) is 22.3 Å². The minimum absolute atomic E-state index is 0.866. The minimum atomic E-state index is 0.866. The molecule has 0 radical (unpaired) electrons. The molecule has 0 fully saturated rings. The molecule has 0 saturated heterocycles. The SMILES string of the molecule is c1ccc2c(c1)cc(N(c1ccc3oc4ccccc4c3c1)c1cc3oc4ccccc4c3c3c1ccc1ccccc13)c1ccccc12. The Bertz CT molecular complexity index is 3130. The smallest absolute Gasteiger partial charge is 0.138 e. The fourth-order valence-corrected chi connectivity index (χ4v) is 8.05. The number of nitrogens with zero attached hydrogens (tertiary/aromatic N) is 1. The molecule has 0 aliphatic heterocycles. The van der Waals surface area contributed by atoms with Crippen LogP contribution in [0.4, 0.5) is 17.1 Å². The van der Waals surface area contributed by atoms with E-state index in [0.29, 0.717) is 0 Å². The van der Waals surface area contributed by atoms with Crippen molar-refractivity contribution in [1.29, 1.82) is 0 Å². The van der Waals surface area contributed by atoms with Crippen molar-refractivity contribution in [2.75, 3.05) is 4.90 Å². The Balaban J connectivity index is 1.33.